The first-order chi connectivity index (χ1) is 9.72. The van der Waals surface area contributed by atoms with E-state index in [2.05, 4.69) is 5.10 Å². The minimum absolute atomic E-state index is 0.00705. The summed E-state index contributed by atoms with van der Waals surface area (Å²) in [6.45, 7) is 1.12. The van der Waals surface area contributed by atoms with Gasteiger partial charge in [0, 0.05) is 12.2 Å². The zero-order valence-electron chi connectivity index (χ0n) is 10.9. The summed E-state index contributed by atoms with van der Waals surface area (Å²) in [4.78, 5) is 11.8. The molecular formula is C14H15FN2O3. The molecule has 1 aliphatic heterocycles. The molecule has 0 spiro atoms. The van der Waals surface area contributed by atoms with Crippen LogP contribution < -0.4 is 5.76 Å². The molecule has 2 aromatic rings. The van der Waals surface area contributed by atoms with Gasteiger partial charge >= 0.3 is 5.76 Å². The number of nitrogens with zero attached hydrogens (tertiary/aromatic N) is 2. The lowest BCUT2D eigenvalue weighted by Crippen LogP contribution is -2.29. The molecule has 5 nitrogen and oxygen atoms in total. The van der Waals surface area contributed by atoms with Gasteiger partial charge in [-0.2, -0.15) is 4.68 Å². The second-order valence-electron chi connectivity index (χ2n) is 4.85. The molecule has 0 radical (unpaired) electrons. The van der Waals surface area contributed by atoms with E-state index in [0.29, 0.717) is 12.1 Å². The maximum atomic E-state index is 12.9. The standard InChI is InChI=1S/C14H15FN2O3/c15-11-6-4-10(5-7-11)13-16-17(14(18)20-13)9-12-3-1-2-8-19-12/h4-7,12H,1-3,8-9H2/t12-/m1/s1. The summed E-state index contributed by atoms with van der Waals surface area (Å²) in [7, 11) is 0. The number of benzene rings is 1. The molecule has 1 fully saturated rings. The molecule has 0 N–H and O–H groups in total. The van der Waals surface area contributed by atoms with Gasteiger partial charge in [0.1, 0.15) is 5.82 Å². The molecular weight excluding hydrogens is 263 g/mol. The Kier molecular flexibility index (Phi) is 3.64. The number of halogens is 1. The number of hydrogen-bond acceptors (Lipinski definition) is 4. The Morgan fingerprint density at radius 3 is 2.80 bits per heavy atom. The summed E-state index contributed by atoms with van der Waals surface area (Å²) in [6, 6.07) is 5.67. The molecule has 3 rings (SSSR count). The highest BCUT2D eigenvalue weighted by atomic mass is 19.1. The van der Waals surface area contributed by atoms with E-state index in [1.54, 1.807) is 0 Å². The Hall–Kier alpha value is -1.95. The van der Waals surface area contributed by atoms with Crippen LogP contribution in [0, 0.1) is 5.82 Å². The van der Waals surface area contributed by atoms with Gasteiger partial charge in [0.05, 0.1) is 12.6 Å². The van der Waals surface area contributed by atoms with Crippen molar-refractivity contribution in [2.45, 2.75) is 31.9 Å². The van der Waals surface area contributed by atoms with Gasteiger partial charge in [0.15, 0.2) is 0 Å². The quantitative estimate of drug-likeness (QED) is 0.863. The van der Waals surface area contributed by atoms with Crippen LogP contribution in [0.5, 0.6) is 0 Å². The van der Waals surface area contributed by atoms with Gasteiger partial charge in [0.2, 0.25) is 5.89 Å². The van der Waals surface area contributed by atoms with Crippen molar-refractivity contribution in [3.05, 3.63) is 40.6 Å². The second-order valence-corrected chi connectivity index (χ2v) is 4.85. The molecule has 1 aromatic heterocycles. The van der Waals surface area contributed by atoms with Crippen molar-refractivity contribution in [2.24, 2.45) is 0 Å². The van der Waals surface area contributed by atoms with Gasteiger partial charge in [-0.1, -0.05) is 0 Å². The fourth-order valence-corrected chi connectivity index (χ4v) is 2.28. The molecule has 0 amide bonds. The maximum absolute atomic E-state index is 12.9. The average molecular weight is 278 g/mol. The van der Waals surface area contributed by atoms with E-state index in [-0.39, 0.29) is 17.8 Å². The fourth-order valence-electron chi connectivity index (χ4n) is 2.28. The summed E-state index contributed by atoms with van der Waals surface area (Å²) >= 11 is 0. The van der Waals surface area contributed by atoms with Gasteiger partial charge in [0.25, 0.3) is 0 Å². The monoisotopic (exact) mass is 278 g/mol. The number of aromatic nitrogens is 2. The van der Waals surface area contributed by atoms with E-state index in [1.807, 2.05) is 0 Å². The molecule has 20 heavy (non-hydrogen) atoms. The SMILES string of the molecule is O=c1oc(-c2ccc(F)cc2)nn1C[C@H]1CCCCO1. The minimum atomic E-state index is -0.515. The second kappa shape index (κ2) is 5.58. The summed E-state index contributed by atoms with van der Waals surface area (Å²) in [5.41, 5.74) is 0.576. The fraction of sp³-hybridized carbons (Fsp3) is 0.429. The summed E-state index contributed by atoms with van der Waals surface area (Å²) in [5.74, 6) is -0.657. The van der Waals surface area contributed by atoms with E-state index in [4.69, 9.17) is 9.15 Å². The summed E-state index contributed by atoms with van der Waals surface area (Å²) < 4.78 is 24.8. The van der Waals surface area contributed by atoms with Crippen LogP contribution in [-0.2, 0) is 11.3 Å². The molecule has 1 aliphatic rings. The highest BCUT2D eigenvalue weighted by Gasteiger charge is 2.18. The first-order valence-corrected chi connectivity index (χ1v) is 6.68. The molecule has 1 aromatic carbocycles. The Balaban J connectivity index is 1.79. The van der Waals surface area contributed by atoms with Crippen molar-refractivity contribution in [3.8, 4) is 11.5 Å². The van der Waals surface area contributed by atoms with E-state index in [9.17, 15) is 9.18 Å². The molecule has 1 saturated heterocycles. The topological polar surface area (TPSA) is 57.3 Å². The van der Waals surface area contributed by atoms with Crippen molar-refractivity contribution >= 4 is 0 Å². The van der Waals surface area contributed by atoms with Crippen LogP contribution in [0.3, 0.4) is 0 Å². The maximum Gasteiger partial charge on any atom is 0.437 e. The number of rotatable bonds is 3. The number of ether oxygens (including phenoxy) is 1. The van der Waals surface area contributed by atoms with Crippen LogP contribution in [0.1, 0.15) is 19.3 Å². The predicted molar refractivity (Wildman–Crippen MR) is 69.7 cm³/mol. The van der Waals surface area contributed by atoms with Crippen LogP contribution in [0.15, 0.2) is 33.5 Å². The van der Waals surface area contributed by atoms with E-state index >= 15 is 0 Å². The Morgan fingerprint density at radius 2 is 2.10 bits per heavy atom. The lowest BCUT2D eigenvalue weighted by molar-refractivity contribution is 0.00295. The third-order valence-corrected chi connectivity index (χ3v) is 3.35. The van der Waals surface area contributed by atoms with Gasteiger partial charge in [-0.05, 0) is 43.5 Å². The molecule has 0 saturated carbocycles. The van der Waals surface area contributed by atoms with Gasteiger partial charge < -0.3 is 9.15 Å². The average Bonchev–Trinajstić information content (AvgIpc) is 2.82. The van der Waals surface area contributed by atoms with Crippen LogP contribution in [-0.4, -0.2) is 22.5 Å². The summed E-state index contributed by atoms with van der Waals surface area (Å²) in [6.07, 6.45) is 3.09. The Bertz CT molecular complexity index is 627. The third kappa shape index (κ3) is 2.80. The van der Waals surface area contributed by atoms with E-state index in [0.717, 1.165) is 25.9 Å². The van der Waals surface area contributed by atoms with Crippen LogP contribution in [0.2, 0.25) is 0 Å². The van der Waals surface area contributed by atoms with Gasteiger partial charge in [-0.3, -0.25) is 0 Å². The molecule has 0 aliphatic carbocycles. The normalized spacial score (nSPS) is 19.1. The van der Waals surface area contributed by atoms with E-state index < -0.39 is 5.76 Å². The zero-order chi connectivity index (χ0) is 13.9. The minimum Gasteiger partial charge on any atom is -0.388 e. The Labute approximate surface area is 115 Å². The largest absolute Gasteiger partial charge is 0.437 e. The first-order valence-electron chi connectivity index (χ1n) is 6.68. The predicted octanol–water partition coefficient (Wildman–Crippen LogP) is 2.21. The highest BCUT2D eigenvalue weighted by molar-refractivity contribution is 5.51. The smallest absolute Gasteiger partial charge is 0.388 e. The molecule has 0 unspecified atom stereocenters. The molecule has 0 bridgehead atoms. The van der Waals surface area contributed by atoms with Gasteiger partial charge in [-0.25, -0.2) is 9.18 Å². The first kappa shape index (κ1) is 13.1. The highest BCUT2D eigenvalue weighted by Crippen LogP contribution is 2.17. The molecule has 6 heteroatoms. The zero-order valence-corrected chi connectivity index (χ0v) is 10.9. The lowest BCUT2D eigenvalue weighted by atomic mass is 10.1. The van der Waals surface area contributed by atoms with Crippen molar-refractivity contribution < 1.29 is 13.5 Å². The van der Waals surface area contributed by atoms with Crippen molar-refractivity contribution in [1.82, 2.24) is 9.78 Å². The molecule has 1 atom stereocenters. The number of hydrogen-bond donors (Lipinski definition) is 0. The Morgan fingerprint density at radius 1 is 1.30 bits per heavy atom. The lowest BCUT2D eigenvalue weighted by Gasteiger charge is -2.21. The van der Waals surface area contributed by atoms with Crippen molar-refractivity contribution in [2.75, 3.05) is 6.61 Å². The van der Waals surface area contributed by atoms with Crippen molar-refractivity contribution in [3.63, 3.8) is 0 Å². The molecule has 2 heterocycles. The van der Waals surface area contributed by atoms with Crippen LogP contribution in [0.4, 0.5) is 4.39 Å². The summed E-state index contributed by atoms with van der Waals surface area (Å²) in [5, 5.41) is 4.14. The van der Waals surface area contributed by atoms with Crippen LogP contribution >= 0.6 is 0 Å². The van der Waals surface area contributed by atoms with Crippen LogP contribution in [0.25, 0.3) is 11.5 Å². The van der Waals surface area contributed by atoms with E-state index in [1.165, 1.54) is 28.9 Å². The van der Waals surface area contributed by atoms with Crippen molar-refractivity contribution in [1.29, 1.82) is 0 Å². The molecule has 106 valence electrons. The third-order valence-electron chi connectivity index (χ3n) is 3.35. The van der Waals surface area contributed by atoms with Gasteiger partial charge in [-0.15, -0.1) is 5.10 Å².